The van der Waals surface area contributed by atoms with Crippen molar-refractivity contribution in [3.8, 4) is 0 Å². The molecule has 7 nitrogen and oxygen atoms in total. The van der Waals surface area contributed by atoms with Crippen molar-refractivity contribution in [2.45, 2.75) is 33.6 Å². The van der Waals surface area contributed by atoms with E-state index in [4.69, 9.17) is 11.6 Å². The molecule has 1 N–H and O–H groups in total. The van der Waals surface area contributed by atoms with Gasteiger partial charge >= 0.3 is 0 Å². The molecule has 0 saturated carbocycles. The smallest absolute Gasteiger partial charge is 0.289 e. The number of anilines is 1. The zero-order chi connectivity index (χ0) is 18.8. The van der Waals surface area contributed by atoms with E-state index in [0.717, 1.165) is 0 Å². The minimum absolute atomic E-state index is 0.0250. The summed E-state index contributed by atoms with van der Waals surface area (Å²) in [6.07, 6.45) is 1.15. The van der Waals surface area contributed by atoms with Crippen LogP contribution in [-0.2, 0) is 9.59 Å². The lowest BCUT2D eigenvalue weighted by Crippen LogP contribution is -2.45. The third-order valence-corrected chi connectivity index (χ3v) is 4.52. The van der Waals surface area contributed by atoms with Crippen LogP contribution in [0.25, 0.3) is 0 Å². The Morgan fingerprint density at radius 1 is 1.28 bits per heavy atom. The molecule has 0 atom stereocenters. The van der Waals surface area contributed by atoms with Crippen LogP contribution in [0.15, 0.2) is 18.2 Å². The van der Waals surface area contributed by atoms with Crippen LogP contribution in [0.5, 0.6) is 0 Å². The monoisotopic (exact) mass is 367 g/mol. The van der Waals surface area contributed by atoms with E-state index in [9.17, 15) is 19.7 Å². The number of nitrogens with zero attached hydrogens (tertiary/aromatic N) is 2. The molecule has 1 aliphatic heterocycles. The van der Waals surface area contributed by atoms with E-state index >= 15 is 0 Å². The Labute approximate surface area is 151 Å². The molecule has 1 aromatic rings. The number of nitrogens with one attached hydrogen (secondary N) is 1. The van der Waals surface area contributed by atoms with E-state index in [0.29, 0.717) is 31.6 Å². The average molecular weight is 368 g/mol. The summed E-state index contributed by atoms with van der Waals surface area (Å²) in [5.74, 6) is -0.335. The van der Waals surface area contributed by atoms with Gasteiger partial charge in [0.1, 0.15) is 5.02 Å². The summed E-state index contributed by atoms with van der Waals surface area (Å²) in [5.41, 5.74) is -0.337. The third-order valence-electron chi connectivity index (χ3n) is 4.20. The molecule has 1 heterocycles. The van der Waals surface area contributed by atoms with Crippen LogP contribution < -0.4 is 5.32 Å². The van der Waals surface area contributed by atoms with Crippen molar-refractivity contribution in [3.05, 3.63) is 33.3 Å². The second-order valence-corrected chi connectivity index (χ2v) is 7.64. The van der Waals surface area contributed by atoms with Crippen LogP contribution in [0.2, 0.25) is 5.02 Å². The number of rotatable bonds is 3. The normalized spacial score (nSPS) is 15.8. The number of carbonyl (C=O) groups excluding carboxylic acids is 2. The molecule has 0 bridgehead atoms. The summed E-state index contributed by atoms with van der Waals surface area (Å²) in [5, 5.41) is 13.6. The fraction of sp³-hybridized carbons (Fsp3) is 0.529. The van der Waals surface area contributed by atoms with E-state index in [2.05, 4.69) is 5.32 Å². The largest absolute Gasteiger partial charge is 0.342 e. The molecule has 2 amide bonds. The molecular weight excluding hydrogens is 346 g/mol. The van der Waals surface area contributed by atoms with Crippen LogP contribution in [0.3, 0.4) is 0 Å². The first-order chi connectivity index (χ1) is 11.6. The molecule has 0 spiro atoms. The molecule has 0 unspecified atom stereocenters. The van der Waals surface area contributed by atoms with Gasteiger partial charge in [-0.25, -0.2) is 0 Å². The maximum Gasteiger partial charge on any atom is 0.289 e. The maximum absolute atomic E-state index is 12.4. The van der Waals surface area contributed by atoms with Crippen molar-refractivity contribution < 1.29 is 14.5 Å². The Hall–Kier alpha value is -2.15. The summed E-state index contributed by atoms with van der Waals surface area (Å²) in [7, 11) is 0. The zero-order valence-corrected chi connectivity index (χ0v) is 15.3. The first-order valence-electron chi connectivity index (χ1n) is 8.14. The number of halogens is 1. The number of likely N-dealkylation sites (tertiary alicyclic amines) is 1. The summed E-state index contributed by atoms with van der Waals surface area (Å²) in [6.45, 7) is 6.70. The highest BCUT2D eigenvalue weighted by Gasteiger charge is 2.32. The minimum atomic E-state index is -0.589. The molecule has 25 heavy (non-hydrogen) atoms. The number of nitro groups is 1. The fourth-order valence-electron chi connectivity index (χ4n) is 2.79. The number of amides is 2. The van der Waals surface area contributed by atoms with Crippen LogP contribution in [0.1, 0.15) is 33.6 Å². The van der Waals surface area contributed by atoms with Crippen LogP contribution in [-0.4, -0.2) is 34.7 Å². The van der Waals surface area contributed by atoms with Crippen molar-refractivity contribution in [2.75, 3.05) is 18.4 Å². The van der Waals surface area contributed by atoms with Gasteiger partial charge in [0.15, 0.2) is 0 Å². The topological polar surface area (TPSA) is 92.6 Å². The molecule has 8 heteroatoms. The molecule has 0 aromatic heterocycles. The Bertz CT molecular complexity index is 692. The number of benzene rings is 1. The Morgan fingerprint density at radius 2 is 1.88 bits per heavy atom. The third kappa shape index (κ3) is 4.69. The van der Waals surface area contributed by atoms with Gasteiger partial charge in [-0.2, -0.15) is 0 Å². The number of carbonyl (C=O) groups is 2. The summed E-state index contributed by atoms with van der Waals surface area (Å²) >= 11 is 5.77. The number of hydrogen-bond donors (Lipinski definition) is 1. The van der Waals surface area contributed by atoms with Gasteiger partial charge in [0, 0.05) is 36.2 Å². The highest BCUT2D eigenvalue weighted by molar-refractivity contribution is 6.32. The molecule has 0 radical (unpaired) electrons. The minimum Gasteiger partial charge on any atom is -0.342 e. The van der Waals surface area contributed by atoms with E-state index in [1.54, 1.807) is 4.90 Å². The Morgan fingerprint density at radius 3 is 2.40 bits per heavy atom. The van der Waals surface area contributed by atoms with Gasteiger partial charge in [0.05, 0.1) is 4.92 Å². The summed E-state index contributed by atoms with van der Waals surface area (Å²) < 4.78 is 0. The van der Waals surface area contributed by atoms with Crippen molar-refractivity contribution >= 4 is 34.8 Å². The van der Waals surface area contributed by atoms with Crippen LogP contribution in [0, 0.1) is 21.4 Å². The number of nitro benzene ring substituents is 1. The quantitative estimate of drug-likeness (QED) is 0.653. The molecule has 1 fully saturated rings. The molecule has 0 aliphatic carbocycles. The van der Waals surface area contributed by atoms with Gasteiger partial charge in [-0.1, -0.05) is 32.4 Å². The molecule has 2 rings (SSSR count). The standard InChI is InChI=1S/C17H22ClN3O4/c1-17(2,3)16(23)20-8-6-11(7-9-20)15(22)19-12-4-5-13(18)14(10-12)21(24)25/h4-5,10-11H,6-9H2,1-3H3,(H,19,22). The second-order valence-electron chi connectivity index (χ2n) is 7.23. The Balaban J connectivity index is 1.96. The van der Waals surface area contributed by atoms with Gasteiger partial charge < -0.3 is 10.2 Å². The fourth-order valence-corrected chi connectivity index (χ4v) is 2.98. The highest BCUT2D eigenvalue weighted by Crippen LogP contribution is 2.29. The van der Waals surface area contributed by atoms with Crippen molar-refractivity contribution in [1.82, 2.24) is 4.90 Å². The van der Waals surface area contributed by atoms with Crippen molar-refractivity contribution in [2.24, 2.45) is 11.3 Å². The van der Waals surface area contributed by atoms with E-state index in [-0.39, 0.29) is 28.4 Å². The highest BCUT2D eigenvalue weighted by atomic mass is 35.5. The van der Waals surface area contributed by atoms with E-state index < -0.39 is 10.3 Å². The van der Waals surface area contributed by atoms with Gasteiger partial charge in [0.25, 0.3) is 5.69 Å². The Kier molecular flexibility index (Phi) is 5.67. The molecule has 1 aromatic carbocycles. The van der Waals surface area contributed by atoms with E-state index in [1.165, 1.54) is 18.2 Å². The lowest BCUT2D eigenvalue weighted by Gasteiger charge is -2.35. The predicted octanol–water partition coefficient (Wildman–Crippen LogP) is 3.47. The van der Waals surface area contributed by atoms with Crippen molar-refractivity contribution in [1.29, 1.82) is 0 Å². The SMILES string of the molecule is CC(C)(C)C(=O)N1CCC(C(=O)Nc2ccc(Cl)c([N+](=O)[O-])c2)CC1. The molecule has 1 aliphatic rings. The van der Waals surface area contributed by atoms with Gasteiger partial charge in [-0.05, 0) is 25.0 Å². The summed E-state index contributed by atoms with van der Waals surface area (Å²) in [4.78, 5) is 36.8. The van der Waals surface area contributed by atoms with Crippen LogP contribution >= 0.6 is 11.6 Å². The lowest BCUT2D eigenvalue weighted by atomic mass is 9.90. The zero-order valence-electron chi connectivity index (χ0n) is 14.5. The average Bonchev–Trinajstić information content (AvgIpc) is 2.55. The first kappa shape index (κ1) is 19.2. The molecule has 1 saturated heterocycles. The van der Waals surface area contributed by atoms with Crippen LogP contribution in [0.4, 0.5) is 11.4 Å². The first-order valence-corrected chi connectivity index (χ1v) is 8.51. The number of piperidine rings is 1. The summed E-state index contributed by atoms with van der Waals surface area (Å²) in [6, 6.07) is 4.17. The second kappa shape index (κ2) is 7.39. The molecule has 136 valence electrons. The molecular formula is C17H22ClN3O4. The number of hydrogen-bond acceptors (Lipinski definition) is 4. The maximum atomic E-state index is 12.4. The van der Waals surface area contributed by atoms with E-state index in [1.807, 2.05) is 20.8 Å². The van der Waals surface area contributed by atoms with Gasteiger partial charge in [-0.3, -0.25) is 19.7 Å². The van der Waals surface area contributed by atoms with Crippen molar-refractivity contribution in [3.63, 3.8) is 0 Å². The lowest BCUT2D eigenvalue weighted by molar-refractivity contribution is -0.384. The van der Waals surface area contributed by atoms with Gasteiger partial charge in [0.2, 0.25) is 11.8 Å². The predicted molar refractivity (Wildman–Crippen MR) is 95.5 cm³/mol. The van der Waals surface area contributed by atoms with Gasteiger partial charge in [-0.15, -0.1) is 0 Å².